The van der Waals surface area contributed by atoms with Crippen LogP contribution in [-0.2, 0) is 0 Å². The number of carbonyl (C=O) groups excluding carboxylic acids is 1. The van der Waals surface area contributed by atoms with Gasteiger partial charge in [0.2, 0.25) is 5.39 Å². The van der Waals surface area contributed by atoms with E-state index >= 15 is 0 Å². The first-order valence-corrected chi connectivity index (χ1v) is 3.32. The monoisotopic (exact) mass is 162 g/mol. The number of hydrogen-bond acceptors (Lipinski definition) is 3. The van der Waals surface area contributed by atoms with E-state index in [0.29, 0.717) is 0 Å². The van der Waals surface area contributed by atoms with Crippen molar-refractivity contribution in [1.29, 1.82) is 5.39 Å². The Morgan fingerprint density at radius 2 is 2.25 bits per heavy atom. The molecule has 0 aliphatic rings. The van der Waals surface area contributed by atoms with Crippen LogP contribution < -0.4 is 5.11 Å². The Kier molecular flexibility index (Phi) is 2.06. The topological polar surface area (TPSA) is 68.3 Å². The molecule has 0 heterocycles. The first-order valence-electron chi connectivity index (χ1n) is 3.32. The number of carboxylic acids is 1. The maximum atomic E-state index is 10.5. The average molecular weight is 162 g/mol. The predicted molar refractivity (Wildman–Crippen MR) is 40.3 cm³/mol. The van der Waals surface area contributed by atoms with Gasteiger partial charge in [-0.3, -0.25) is 0 Å². The van der Waals surface area contributed by atoms with Gasteiger partial charge in [0.25, 0.3) is 0 Å². The highest BCUT2D eigenvalue weighted by Gasteiger charge is 2.13. The van der Waals surface area contributed by atoms with Crippen LogP contribution >= 0.6 is 0 Å². The van der Waals surface area contributed by atoms with Crippen LogP contribution in [0.5, 0.6) is 0 Å². The molecule has 12 heavy (non-hydrogen) atoms. The second-order valence-electron chi connectivity index (χ2n) is 2.41. The Balaban J connectivity index is 3.34. The molecule has 0 bridgehead atoms. The summed E-state index contributed by atoms with van der Waals surface area (Å²) in [6, 6.07) is 4.46. The van der Waals surface area contributed by atoms with E-state index in [4.69, 9.17) is 5.39 Å². The standard InChI is InChI=1S/C8H6N2O2/c1-5-2-3-7(10-9)6(4-5)8(11)12/h2-4H,1H3. The first-order chi connectivity index (χ1) is 5.65. The molecule has 4 nitrogen and oxygen atoms in total. The van der Waals surface area contributed by atoms with Crippen molar-refractivity contribution >= 4 is 11.7 Å². The average Bonchev–Trinajstić information content (AvgIpc) is 2.04. The highest BCUT2D eigenvalue weighted by Crippen LogP contribution is 2.19. The summed E-state index contributed by atoms with van der Waals surface area (Å²) in [5.74, 6) is -1.34. The number of diazo groups is 1. The largest absolute Gasteiger partial charge is 0.545 e. The van der Waals surface area contributed by atoms with E-state index in [9.17, 15) is 9.90 Å². The van der Waals surface area contributed by atoms with E-state index in [2.05, 4.69) is 4.98 Å². The summed E-state index contributed by atoms with van der Waals surface area (Å²) in [5.41, 5.74) is 0.694. The van der Waals surface area contributed by atoms with E-state index in [-0.39, 0.29) is 11.3 Å². The van der Waals surface area contributed by atoms with E-state index in [1.807, 2.05) is 0 Å². The van der Waals surface area contributed by atoms with Crippen LogP contribution in [0.15, 0.2) is 18.2 Å². The quantitative estimate of drug-likeness (QED) is 0.574. The van der Waals surface area contributed by atoms with Crippen molar-refractivity contribution in [3.05, 3.63) is 34.3 Å². The second-order valence-corrected chi connectivity index (χ2v) is 2.41. The van der Waals surface area contributed by atoms with Crippen LogP contribution in [0.1, 0.15) is 15.9 Å². The lowest BCUT2D eigenvalue weighted by Crippen LogP contribution is -2.22. The Morgan fingerprint density at radius 3 is 2.75 bits per heavy atom. The molecule has 60 valence electrons. The van der Waals surface area contributed by atoms with Crippen molar-refractivity contribution in [2.45, 2.75) is 6.92 Å². The summed E-state index contributed by atoms with van der Waals surface area (Å²) >= 11 is 0. The van der Waals surface area contributed by atoms with Gasteiger partial charge in [0.1, 0.15) is 0 Å². The zero-order valence-corrected chi connectivity index (χ0v) is 6.44. The van der Waals surface area contributed by atoms with Gasteiger partial charge in [-0.25, -0.2) is 0 Å². The fourth-order valence-electron chi connectivity index (χ4n) is 0.901. The molecule has 1 aromatic rings. The van der Waals surface area contributed by atoms with Gasteiger partial charge in [0.05, 0.1) is 11.5 Å². The first kappa shape index (κ1) is 8.21. The molecule has 1 rings (SSSR count). The molecule has 1 aromatic carbocycles. The van der Waals surface area contributed by atoms with Crippen LogP contribution in [-0.4, -0.2) is 5.97 Å². The summed E-state index contributed by atoms with van der Waals surface area (Å²) in [5, 5.41) is 18.8. The summed E-state index contributed by atoms with van der Waals surface area (Å²) < 4.78 is 0. The number of hydrogen-bond donors (Lipinski definition) is 0. The molecular weight excluding hydrogens is 156 g/mol. The Bertz CT molecular complexity index is 366. The Hall–Kier alpha value is -1.89. The SMILES string of the molecule is Cc1ccc([N+]#N)c(C(=O)[O-])c1. The molecule has 0 unspecified atom stereocenters. The van der Waals surface area contributed by atoms with Crippen molar-refractivity contribution in [3.63, 3.8) is 0 Å². The van der Waals surface area contributed by atoms with Crippen molar-refractivity contribution < 1.29 is 9.90 Å². The van der Waals surface area contributed by atoms with Crippen LogP contribution in [0.3, 0.4) is 0 Å². The van der Waals surface area contributed by atoms with Gasteiger partial charge >= 0.3 is 5.69 Å². The minimum absolute atomic E-state index is 0.0144. The molecule has 0 spiro atoms. The van der Waals surface area contributed by atoms with E-state index in [1.165, 1.54) is 12.1 Å². The highest BCUT2D eigenvalue weighted by atomic mass is 16.4. The molecule has 0 aliphatic carbocycles. The number of rotatable bonds is 1. The molecule has 0 saturated heterocycles. The highest BCUT2D eigenvalue weighted by molar-refractivity contribution is 5.93. The molecule has 0 radical (unpaired) electrons. The molecule has 0 amide bonds. The normalized spacial score (nSPS) is 9.00. The minimum Gasteiger partial charge on any atom is -0.545 e. The number of aromatic carboxylic acids is 1. The van der Waals surface area contributed by atoms with Crippen LogP contribution in [0.25, 0.3) is 4.98 Å². The van der Waals surface area contributed by atoms with Gasteiger partial charge in [-0.05, 0) is 18.6 Å². The number of nitrogens with zero attached hydrogens (tertiary/aromatic N) is 2. The lowest BCUT2D eigenvalue weighted by molar-refractivity contribution is -0.254. The van der Waals surface area contributed by atoms with Crippen LogP contribution in [0, 0.1) is 12.3 Å². The third kappa shape index (κ3) is 1.40. The number of carboxylic acid groups (broad SMARTS) is 1. The molecule has 0 N–H and O–H groups in total. The fourth-order valence-corrected chi connectivity index (χ4v) is 0.901. The molecule has 0 aromatic heterocycles. The zero-order valence-electron chi connectivity index (χ0n) is 6.44. The van der Waals surface area contributed by atoms with E-state index in [0.717, 1.165) is 5.56 Å². The summed E-state index contributed by atoms with van der Waals surface area (Å²) in [6.45, 7) is 1.74. The predicted octanol–water partition coefficient (Wildman–Crippen LogP) is 0.843. The van der Waals surface area contributed by atoms with Crippen LogP contribution in [0.2, 0.25) is 0 Å². The van der Waals surface area contributed by atoms with Crippen molar-refractivity contribution in [2.75, 3.05) is 0 Å². The third-order valence-electron chi connectivity index (χ3n) is 1.48. The van der Waals surface area contributed by atoms with Gasteiger partial charge in [0, 0.05) is 6.07 Å². The van der Waals surface area contributed by atoms with Gasteiger partial charge in [-0.2, -0.15) is 0 Å². The van der Waals surface area contributed by atoms with Gasteiger partial charge in [0.15, 0.2) is 4.98 Å². The minimum atomic E-state index is -1.34. The third-order valence-corrected chi connectivity index (χ3v) is 1.48. The molecule has 0 saturated carbocycles. The Labute approximate surface area is 69.1 Å². The Morgan fingerprint density at radius 1 is 1.58 bits per heavy atom. The van der Waals surface area contributed by atoms with Gasteiger partial charge < -0.3 is 9.90 Å². The molecule has 0 aliphatic heterocycles. The summed E-state index contributed by atoms with van der Waals surface area (Å²) in [7, 11) is 0. The number of aryl methyl sites for hydroxylation is 1. The van der Waals surface area contributed by atoms with Crippen molar-refractivity contribution in [1.82, 2.24) is 0 Å². The summed E-state index contributed by atoms with van der Waals surface area (Å²) in [6.07, 6.45) is 0. The summed E-state index contributed by atoms with van der Waals surface area (Å²) in [4.78, 5) is 13.3. The second kappa shape index (κ2) is 3.01. The molecule has 0 atom stereocenters. The van der Waals surface area contributed by atoms with Crippen molar-refractivity contribution in [3.8, 4) is 0 Å². The fraction of sp³-hybridized carbons (Fsp3) is 0.125. The van der Waals surface area contributed by atoms with Crippen molar-refractivity contribution in [2.24, 2.45) is 0 Å². The lowest BCUT2D eigenvalue weighted by Gasteiger charge is -1.98. The van der Waals surface area contributed by atoms with Crippen LogP contribution in [0.4, 0.5) is 5.69 Å². The van der Waals surface area contributed by atoms with E-state index < -0.39 is 5.97 Å². The lowest BCUT2D eigenvalue weighted by atomic mass is 10.1. The maximum absolute atomic E-state index is 10.5. The van der Waals surface area contributed by atoms with Gasteiger partial charge in [-0.15, -0.1) is 0 Å². The zero-order chi connectivity index (χ0) is 9.14. The molecular formula is C8H6N2O2. The molecule has 0 fully saturated rings. The molecule has 4 heteroatoms. The van der Waals surface area contributed by atoms with E-state index in [1.54, 1.807) is 13.0 Å². The number of carbonyl (C=O) groups is 1. The smallest absolute Gasteiger partial charge is 0.394 e. The number of benzene rings is 1. The maximum Gasteiger partial charge on any atom is 0.394 e. The van der Waals surface area contributed by atoms with Gasteiger partial charge in [-0.1, -0.05) is 6.07 Å².